The molecule has 1 aromatic carbocycles. The summed E-state index contributed by atoms with van der Waals surface area (Å²) < 4.78 is 1.14. The Morgan fingerprint density at radius 1 is 1.50 bits per heavy atom. The minimum absolute atomic E-state index is 0.509. The molecule has 1 aromatic rings. The van der Waals surface area contributed by atoms with E-state index in [1.807, 2.05) is 6.07 Å². The summed E-state index contributed by atoms with van der Waals surface area (Å²) >= 11 is 3.56. The van der Waals surface area contributed by atoms with E-state index < -0.39 is 0 Å². The number of benzene rings is 1. The van der Waals surface area contributed by atoms with Crippen LogP contribution in [0.3, 0.4) is 0 Å². The highest BCUT2D eigenvalue weighted by atomic mass is 79.9. The monoisotopic (exact) mass is 282 g/mol. The first-order valence-corrected chi connectivity index (χ1v) is 6.79. The molecule has 1 aliphatic rings. The molecule has 1 heterocycles. The van der Waals surface area contributed by atoms with E-state index in [2.05, 4.69) is 51.7 Å². The maximum atomic E-state index is 3.56. The van der Waals surface area contributed by atoms with E-state index in [0.717, 1.165) is 4.47 Å². The van der Waals surface area contributed by atoms with E-state index in [-0.39, 0.29) is 0 Å². The molecular weight excluding hydrogens is 264 g/mol. The number of nitrogens with one attached hydrogen (secondary N) is 2. The molecule has 1 saturated heterocycles. The molecular formula is C13H19BrN2. The fourth-order valence-electron chi connectivity index (χ4n) is 2.29. The van der Waals surface area contributed by atoms with Gasteiger partial charge in [0, 0.05) is 22.2 Å². The molecule has 1 aliphatic heterocycles. The highest BCUT2D eigenvalue weighted by molar-refractivity contribution is 9.10. The molecule has 3 heteroatoms. The lowest BCUT2D eigenvalue weighted by Gasteiger charge is -2.20. The minimum Gasteiger partial charge on any atom is -0.382 e. The zero-order valence-electron chi connectivity index (χ0n) is 9.67. The maximum absolute atomic E-state index is 3.56. The second-order valence-electron chi connectivity index (χ2n) is 4.55. The minimum atomic E-state index is 0.509. The zero-order chi connectivity index (χ0) is 11.4. The van der Waals surface area contributed by atoms with Crippen LogP contribution in [0.4, 0.5) is 5.69 Å². The number of anilines is 1. The number of para-hydroxylation sites is 1. The molecule has 1 fully saturated rings. The van der Waals surface area contributed by atoms with Gasteiger partial charge in [0.2, 0.25) is 0 Å². The highest BCUT2D eigenvalue weighted by Gasteiger charge is 2.17. The van der Waals surface area contributed by atoms with Crippen molar-refractivity contribution >= 4 is 21.6 Å². The van der Waals surface area contributed by atoms with Crippen molar-refractivity contribution in [1.82, 2.24) is 5.32 Å². The molecule has 16 heavy (non-hydrogen) atoms. The van der Waals surface area contributed by atoms with Gasteiger partial charge in [0.25, 0.3) is 0 Å². The van der Waals surface area contributed by atoms with E-state index in [4.69, 9.17) is 0 Å². The molecule has 0 spiro atoms. The van der Waals surface area contributed by atoms with Gasteiger partial charge in [-0.2, -0.15) is 0 Å². The zero-order valence-corrected chi connectivity index (χ0v) is 11.3. The molecule has 0 aromatic heterocycles. The Hall–Kier alpha value is -0.540. The van der Waals surface area contributed by atoms with E-state index >= 15 is 0 Å². The quantitative estimate of drug-likeness (QED) is 0.885. The van der Waals surface area contributed by atoms with Crippen molar-refractivity contribution in [2.75, 3.05) is 11.9 Å². The van der Waals surface area contributed by atoms with Crippen molar-refractivity contribution in [3.8, 4) is 0 Å². The van der Waals surface area contributed by atoms with Crippen LogP contribution < -0.4 is 10.6 Å². The van der Waals surface area contributed by atoms with Crippen LogP contribution in [0, 0.1) is 0 Å². The second kappa shape index (κ2) is 5.69. The van der Waals surface area contributed by atoms with Gasteiger partial charge in [0.15, 0.2) is 0 Å². The summed E-state index contributed by atoms with van der Waals surface area (Å²) in [5.74, 6) is 0. The average molecular weight is 283 g/mol. The predicted octanol–water partition coefficient (Wildman–Crippen LogP) is 3.39. The van der Waals surface area contributed by atoms with Crippen LogP contribution in [0.1, 0.15) is 26.2 Å². The second-order valence-corrected chi connectivity index (χ2v) is 5.41. The van der Waals surface area contributed by atoms with Crippen LogP contribution in [0.2, 0.25) is 0 Å². The first-order valence-electron chi connectivity index (χ1n) is 6.00. The fraction of sp³-hybridized carbons (Fsp3) is 0.538. The fourth-order valence-corrected chi connectivity index (χ4v) is 2.69. The van der Waals surface area contributed by atoms with Crippen LogP contribution >= 0.6 is 15.9 Å². The molecule has 0 radical (unpaired) electrons. The van der Waals surface area contributed by atoms with Crippen LogP contribution in [0.15, 0.2) is 28.7 Å². The molecule has 2 nitrogen and oxygen atoms in total. The Morgan fingerprint density at radius 3 is 3.00 bits per heavy atom. The first kappa shape index (κ1) is 11.9. The van der Waals surface area contributed by atoms with Crippen molar-refractivity contribution in [2.24, 2.45) is 0 Å². The van der Waals surface area contributed by atoms with Gasteiger partial charge in [-0.25, -0.2) is 0 Å². The molecule has 0 bridgehead atoms. The van der Waals surface area contributed by atoms with Crippen molar-refractivity contribution in [3.05, 3.63) is 28.7 Å². The predicted molar refractivity (Wildman–Crippen MR) is 72.9 cm³/mol. The van der Waals surface area contributed by atoms with Gasteiger partial charge in [-0.1, -0.05) is 12.1 Å². The van der Waals surface area contributed by atoms with Crippen molar-refractivity contribution < 1.29 is 0 Å². The third kappa shape index (κ3) is 3.22. The van der Waals surface area contributed by atoms with Crippen LogP contribution in [-0.2, 0) is 0 Å². The number of hydrogen-bond acceptors (Lipinski definition) is 2. The third-order valence-corrected chi connectivity index (χ3v) is 3.77. The van der Waals surface area contributed by atoms with Gasteiger partial charge >= 0.3 is 0 Å². The van der Waals surface area contributed by atoms with E-state index in [9.17, 15) is 0 Å². The molecule has 0 saturated carbocycles. The smallest absolute Gasteiger partial charge is 0.0486 e. The van der Waals surface area contributed by atoms with E-state index in [0.29, 0.717) is 12.1 Å². The van der Waals surface area contributed by atoms with Gasteiger partial charge in [0.05, 0.1) is 0 Å². The lowest BCUT2D eigenvalue weighted by Crippen LogP contribution is -2.29. The van der Waals surface area contributed by atoms with Crippen molar-refractivity contribution in [2.45, 2.75) is 38.3 Å². The summed E-state index contributed by atoms with van der Waals surface area (Å²) in [7, 11) is 0. The van der Waals surface area contributed by atoms with Gasteiger partial charge in [-0.15, -0.1) is 0 Å². The number of halogens is 1. The van der Waals surface area contributed by atoms with E-state index in [1.165, 1.54) is 31.5 Å². The van der Waals surface area contributed by atoms with E-state index in [1.54, 1.807) is 0 Å². The van der Waals surface area contributed by atoms with Gasteiger partial charge in [-0.05, 0) is 60.8 Å². The lowest BCUT2D eigenvalue weighted by molar-refractivity contribution is 0.523. The van der Waals surface area contributed by atoms with Gasteiger partial charge in [-0.3, -0.25) is 0 Å². The molecule has 0 aliphatic carbocycles. The molecule has 88 valence electrons. The maximum Gasteiger partial charge on any atom is 0.0486 e. The van der Waals surface area contributed by atoms with Crippen molar-refractivity contribution in [1.29, 1.82) is 0 Å². The lowest BCUT2D eigenvalue weighted by atomic mass is 10.1. The summed E-state index contributed by atoms with van der Waals surface area (Å²) in [6.07, 6.45) is 3.84. The molecule has 2 atom stereocenters. The Balaban J connectivity index is 1.86. The Kier molecular flexibility index (Phi) is 4.24. The highest BCUT2D eigenvalue weighted by Crippen LogP contribution is 2.23. The summed E-state index contributed by atoms with van der Waals surface area (Å²) in [5.41, 5.74) is 1.19. The standard InChI is InChI=1S/C13H19BrN2/c1-10(9-11-5-4-8-15-11)16-13-7-3-2-6-12(13)14/h2-3,6-7,10-11,15-16H,4-5,8-9H2,1H3. The van der Waals surface area contributed by atoms with Crippen LogP contribution in [0.5, 0.6) is 0 Å². The van der Waals surface area contributed by atoms with Crippen LogP contribution in [0.25, 0.3) is 0 Å². The summed E-state index contributed by atoms with van der Waals surface area (Å²) in [5, 5.41) is 7.09. The molecule has 0 amide bonds. The summed E-state index contributed by atoms with van der Waals surface area (Å²) in [6.45, 7) is 3.44. The van der Waals surface area contributed by atoms with Gasteiger partial charge in [0.1, 0.15) is 0 Å². The molecule has 2 rings (SSSR count). The Labute approximate surface area is 106 Å². The average Bonchev–Trinajstić information content (AvgIpc) is 2.74. The summed E-state index contributed by atoms with van der Waals surface area (Å²) in [4.78, 5) is 0. The molecule has 2 unspecified atom stereocenters. The first-order chi connectivity index (χ1) is 7.75. The number of rotatable bonds is 4. The van der Waals surface area contributed by atoms with Crippen LogP contribution in [-0.4, -0.2) is 18.6 Å². The normalized spacial score (nSPS) is 22.0. The number of hydrogen-bond donors (Lipinski definition) is 2. The summed E-state index contributed by atoms with van der Waals surface area (Å²) in [6, 6.07) is 9.50. The topological polar surface area (TPSA) is 24.1 Å². The van der Waals surface area contributed by atoms with Gasteiger partial charge < -0.3 is 10.6 Å². The Bertz CT molecular complexity index is 334. The third-order valence-electron chi connectivity index (χ3n) is 3.08. The Morgan fingerprint density at radius 2 is 2.31 bits per heavy atom. The van der Waals surface area contributed by atoms with Crippen molar-refractivity contribution in [3.63, 3.8) is 0 Å². The SMILES string of the molecule is CC(CC1CCCN1)Nc1ccccc1Br. The molecule has 2 N–H and O–H groups in total. The largest absolute Gasteiger partial charge is 0.382 e.